The minimum atomic E-state index is -0.339. The van der Waals surface area contributed by atoms with Crippen LogP contribution in [-0.2, 0) is 19.1 Å². The van der Waals surface area contributed by atoms with Crippen LogP contribution in [0.2, 0.25) is 10.0 Å². The number of ether oxygens (including phenoxy) is 2. The van der Waals surface area contributed by atoms with E-state index < -0.39 is 0 Å². The van der Waals surface area contributed by atoms with Crippen LogP contribution in [0.5, 0.6) is 0 Å². The number of hydrogen-bond acceptors (Lipinski definition) is 5. The highest BCUT2D eigenvalue weighted by Crippen LogP contribution is 2.39. The van der Waals surface area contributed by atoms with Gasteiger partial charge in [-0.3, -0.25) is 9.59 Å². The molecule has 6 nitrogen and oxygen atoms in total. The predicted molar refractivity (Wildman–Crippen MR) is 93.7 cm³/mol. The van der Waals surface area contributed by atoms with Gasteiger partial charge < -0.3 is 14.0 Å². The molecule has 1 heterocycles. The van der Waals surface area contributed by atoms with E-state index in [1.54, 1.807) is 18.5 Å². The molecule has 1 aliphatic carbocycles. The van der Waals surface area contributed by atoms with E-state index in [-0.39, 0.29) is 30.0 Å². The average molecular weight is 385 g/mol. The zero-order valence-corrected chi connectivity index (χ0v) is 15.4. The van der Waals surface area contributed by atoms with Crippen molar-refractivity contribution >= 4 is 46.2 Å². The monoisotopic (exact) mass is 384 g/mol. The van der Waals surface area contributed by atoms with E-state index in [0.29, 0.717) is 29.5 Å². The Bertz CT molecular complexity index is 820. The summed E-state index contributed by atoms with van der Waals surface area (Å²) < 4.78 is 12.6. The zero-order chi connectivity index (χ0) is 18.1. The average Bonchev–Trinajstić information content (AvgIpc) is 3.09. The number of fused-ring (bicyclic) bond motifs is 1. The summed E-state index contributed by atoms with van der Waals surface area (Å²) in [6, 6.07) is 3.37. The minimum Gasteiger partial charge on any atom is -0.466 e. The van der Waals surface area contributed by atoms with Gasteiger partial charge in [0, 0.05) is 13.8 Å². The van der Waals surface area contributed by atoms with Crippen molar-refractivity contribution in [1.82, 2.24) is 9.55 Å². The lowest BCUT2D eigenvalue weighted by molar-refractivity contribution is -0.148. The normalized spacial score (nSPS) is 23.0. The Morgan fingerprint density at radius 2 is 1.92 bits per heavy atom. The van der Waals surface area contributed by atoms with Crippen molar-refractivity contribution in [3.05, 3.63) is 28.5 Å². The van der Waals surface area contributed by atoms with Gasteiger partial charge in [0.2, 0.25) is 0 Å². The molecule has 0 radical (unpaired) electrons. The van der Waals surface area contributed by atoms with E-state index in [0.717, 1.165) is 11.0 Å². The lowest BCUT2D eigenvalue weighted by Gasteiger charge is -2.21. The van der Waals surface area contributed by atoms with Crippen LogP contribution in [-0.4, -0.2) is 34.2 Å². The van der Waals surface area contributed by atoms with Gasteiger partial charge in [-0.1, -0.05) is 23.2 Å². The zero-order valence-electron chi connectivity index (χ0n) is 13.9. The summed E-state index contributed by atoms with van der Waals surface area (Å²) in [7, 11) is 0. The van der Waals surface area contributed by atoms with Crippen LogP contribution < -0.4 is 0 Å². The highest BCUT2D eigenvalue weighted by molar-refractivity contribution is 6.42. The molecule has 1 aromatic heterocycles. The summed E-state index contributed by atoms with van der Waals surface area (Å²) >= 11 is 12.2. The van der Waals surface area contributed by atoms with Crippen LogP contribution >= 0.6 is 23.2 Å². The van der Waals surface area contributed by atoms with Crippen molar-refractivity contribution in [2.24, 2.45) is 5.92 Å². The maximum atomic E-state index is 11.5. The molecular formula is C17H18Cl2N2O4. The number of carbonyl (C=O) groups excluding carboxylic acids is 2. The first-order valence-corrected chi connectivity index (χ1v) is 8.73. The summed E-state index contributed by atoms with van der Waals surface area (Å²) in [4.78, 5) is 26.9. The molecule has 1 aromatic carbocycles. The lowest BCUT2D eigenvalue weighted by Crippen LogP contribution is -2.23. The van der Waals surface area contributed by atoms with Gasteiger partial charge in [-0.15, -0.1) is 0 Å². The van der Waals surface area contributed by atoms with E-state index in [1.807, 2.05) is 4.57 Å². The third kappa shape index (κ3) is 3.90. The topological polar surface area (TPSA) is 70.4 Å². The molecule has 3 atom stereocenters. The summed E-state index contributed by atoms with van der Waals surface area (Å²) in [5.74, 6) is -0.547. The Kier molecular flexibility index (Phi) is 5.20. The Morgan fingerprint density at radius 3 is 2.60 bits per heavy atom. The van der Waals surface area contributed by atoms with Gasteiger partial charge in [0.1, 0.15) is 6.10 Å². The summed E-state index contributed by atoms with van der Waals surface area (Å²) in [5.41, 5.74) is 1.55. The molecule has 1 aliphatic rings. The molecule has 1 saturated carbocycles. The number of rotatable bonds is 4. The summed E-state index contributed by atoms with van der Waals surface area (Å²) in [6.07, 6.45) is 2.72. The molecule has 0 amide bonds. The SMILES string of the molecule is CC(=O)OCC1CC(OC(C)=O)C(n2cnc3cc(Cl)c(Cl)cc32)C1. The van der Waals surface area contributed by atoms with Crippen molar-refractivity contribution in [2.75, 3.05) is 6.61 Å². The number of imidazole rings is 1. The first-order chi connectivity index (χ1) is 11.8. The number of hydrogen-bond donors (Lipinski definition) is 0. The molecule has 3 rings (SSSR count). The van der Waals surface area contributed by atoms with Crippen molar-refractivity contribution in [3.63, 3.8) is 0 Å². The van der Waals surface area contributed by atoms with E-state index in [2.05, 4.69) is 4.98 Å². The van der Waals surface area contributed by atoms with Crippen molar-refractivity contribution in [3.8, 4) is 0 Å². The quantitative estimate of drug-likeness (QED) is 0.749. The number of carbonyl (C=O) groups is 2. The van der Waals surface area contributed by atoms with Crippen LogP contribution in [0.4, 0.5) is 0 Å². The summed E-state index contributed by atoms with van der Waals surface area (Å²) in [6.45, 7) is 3.08. The van der Waals surface area contributed by atoms with Gasteiger partial charge >= 0.3 is 11.9 Å². The second kappa shape index (κ2) is 7.22. The van der Waals surface area contributed by atoms with Crippen molar-refractivity contribution < 1.29 is 19.1 Å². The third-order valence-corrected chi connectivity index (χ3v) is 5.11. The van der Waals surface area contributed by atoms with E-state index in [9.17, 15) is 9.59 Å². The van der Waals surface area contributed by atoms with Gasteiger partial charge in [-0.2, -0.15) is 0 Å². The largest absolute Gasteiger partial charge is 0.466 e. The molecule has 134 valence electrons. The molecule has 3 unspecified atom stereocenters. The maximum Gasteiger partial charge on any atom is 0.302 e. The molecular weight excluding hydrogens is 367 g/mol. The van der Waals surface area contributed by atoms with Crippen LogP contribution in [0.1, 0.15) is 32.7 Å². The Labute approximate surface area is 155 Å². The molecule has 25 heavy (non-hydrogen) atoms. The number of benzene rings is 1. The smallest absolute Gasteiger partial charge is 0.302 e. The third-order valence-electron chi connectivity index (χ3n) is 4.38. The first-order valence-electron chi connectivity index (χ1n) is 7.97. The van der Waals surface area contributed by atoms with Crippen LogP contribution in [0, 0.1) is 5.92 Å². The Hall–Kier alpha value is -1.79. The molecule has 0 N–H and O–H groups in total. The number of esters is 2. The van der Waals surface area contributed by atoms with Crippen molar-refractivity contribution in [1.29, 1.82) is 0 Å². The fourth-order valence-electron chi connectivity index (χ4n) is 3.37. The molecule has 2 aromatic rings. The standard InChI is InChI=1S/C17H18Cl2N2O4/c1-9(22)24-7-11-3-16(17(4-11)25-10(2)23)21-8-20-14-5-12(18)13(19)6-15(14)21/h5-6,8,11,16-17H,3-4,7H2,1-2H3. The first kappa shape index (κ1) is 18.0. The molecule has 1 fully saturated rings. The second-order valence-corrected chi connectivity index (χ2v) is 7.08. The highest BCUT2D eigenvalue weighted by Gasteiger charge is 2.38. The number of nitrogens with zero attached hydrogens (tertiary/aromatic N) is 2. The van der Waals surface area contributed by atoms with E-state index in [4.69, 9.17) is 32.7 Å². The Morgan fingerprint density at radius 1 is 1.20 bits per heavy atom. The fourth-order valence-corrected chi connectivity index (χ4v) is 3.68. The van der Waals surface area contributed by atoms with Gasteiger partial charge in [-0.05, 0) is 30.9 Å². The molecule has 0 saturated heterocycles. The van der Waals surface area contributed by atoms with Gasteiger partial charge in [0.25, 0.3) is 0 Å². The second-order valence-electron chi connectivity index (χ2n) is 6.26. The molecule has 0 bridgehead atoms. The fraction of sp³-hybridized carbons (Fsp3) is 0.471. The van der Waals surface area contributed by atoms with Crippen LogP contribution in [0.3, 0.4) is 0 Å². The molecule has 0 spiro atoms. The maximum absolute atomic E-state index is 11.5. The summed E-state index contributed by atoms with van der Waals surface area (Å²) in [5, 5.41) is 0.879. The number of halogens is 2. The lowest BCUT2D eigenvalue weighted by atomic mass is 10.1. The van der Waals surface area contributed by atoms with E-state index in [1.165, 1.54) is 13.8 Å². The van der Waals surface area contributed by atoms with Crippen LogP contribution in [0.15, 0.2) is 18.5 Å². The Balaban J connectivity index is 1.91. The molecule has 0 aliphatic heterocycles. The van der Waals surface area contributed by atoms with Gasteiger partial charge in [0.05, 0.1) is 40.1 Å². The highest BCUT2D eigenvalue weighted by atomic mass is 35.5. The number of aromatic nitrogens is 2. The van der Waals surface area contributed by atoms with E-state index >= 15 is 0 Å². The van der Waals surface area contributed by atoms with Crippen molar-refractivity contribution in [2.45, 2.75) is 38.8 Å². The van der Waals surface area contributed by atoms with Gasteiger partial charge in [0.15, 0.2) is 0 Å². The van der Waals surface area contributed by atoms with Gasteiger partial charge in [-0.25, -0.2) is 4.98 Å². The van der Waals surface area contributed by atoms with Crippen LogP contribution in [0.25, 0.3) is 11.0 Å². The predicted octanol–water partition coefficient (Wildman–Crippen LogP) is 3.79. The molecule has 8 heteroatoms. The minimum absolute atomic E-state index is 0.105.